The van der Waals surface area contributed by atoms with Crippen molar-refractivity contribution in [3.63, 3.8) is 0 Å². The number of methoxy groups -OCH3 is 1. The van der Waals surface area contributed by atoms with Crippen LogP contribution in [-0.2, 0) is 9.53 Å². The number of carbonyl (C=O) groups excluding carboxylic acids is 3. The van der Waals surface area contributed by atoms with Gasteiger partial charge < -0.3 is 20.1 Å². The van der Waals surface area contributed by atoms with Crippen LogP contribution in [0.25, 0.3) is 0 Å². The van der Waals surface area contributed by atoms with Crippen molar-refractivity contribution >= 4 is 51.4 Å². The second kappa shape index (κ2) is 10.1. The third-order valence-corrected chi connectivity index (χ3v) is 5.67. The summed E-state index contributed by atoms with van der Waals surface area (Å²) in [6, 6.07) is 15.5. The van der Waals surface area contributed by atoms with E-state index in [4.69, 9.17) is 21.1 Å². The summed E-state index contributed by atoms with van der Waals surface area (Å²) in [5, 5.41) is 6.17. The van der Waals surface area contributed by atoms with E-state index >= 15 is 0 Å². The summed E-state index contributed by atoms with van der Waals surface area (Å²) in [7, 11) is 1.23. The number of rotatable bonds is 7. The fourth-order valence-corrected chi connectivity index (χ4v) is 3.95. The first-order valence-corrected chi connectivity index (χ1v) is 10.3. The fourth-order valence-electron chi connectivity index (χ4n) is 2.72. The van der Waals surface area contributed by atoms with Gasteiger partial charge in [0.1, 0.15) is 10.8 Å². The SMILES string of the molecule is COC(=O)c1c(NC(=O)COc2ccc(Cl)cc2)sc(C(=O)Nc2ccccc2)c1C. The molecule has 0 aliphatic rings. The molecule has 0 saturated carbocycles. The first-order valence-electron chi connectivity index (χ1n) is 9.15. The third-order valence-electron chi connectivity index (χ3n) is 4.21. The molecule has 2 aromatic carbocycles. The predicted octanol–water partition coefficient (Wildman–Crippen LogP) is 4.77. The van der Waals surface area contributed by atoms with Gasteiger partial charge in [0.05, 0.1) is 17.6 Å². The summed E-state index contributed by atoms with van der Waals surface area (Å²) < 4.78 is 10.3. The van der Waals surface area contributed by atoms with Gasteiger partial charge in [-0.2, -0.15) is 0 Å². The van der Waals surface area contributed by atoms with Crippen molar-refractivity contribution in [3.05, 3.63) is 75.6 Å². The highest BCUT2D eigenvalue weighted by atomic mass is 35.5. The first kappa shape index (κ1) is 22.3. The smallest absolute Gasteiger partial charge is 0.341 e. The summed E-state index contributed by atoms with van der Waals surface area (Å²) in [6.45, 7) is 1.34. The average Bonchev–Trinajstić information content (AvgIpc) is 3.09. The Morgan fingerprint density at radius 3 is 2.32 bits per heavy atom. The maximum Gasteiger partial charge on any atom is 0.341 e. The first-order chi connectivity index (χ1) is 14.9. The third kappa shape index (κ3) is 5.62. The monoisotopic (exact) mass is 458 g/mol. The van der Waals surface area contributed by atoms with E-state index in [0.29, 0.717) is 22.0 Å². The van der Waals surface area contributed by atoms with E-state index in [2.05, 4.69) is 10.6 Å². The van der Waals surface area contributed by atoms with Gasteiger partial charge in [0.25, 0.3) is 11.8 Å². The Kier molecular flexibility index (Phi) is 7.28. The van der Waals surface area contributed by atoms with E-state index in [1.807, 2.05) is 6.07 Å². The molecule has 0 saturated heterocycles. The van der Waals surface area contributed by atoms with E-state index in [0.717, 1.165) is 11.3 Å². The fraction of sp³-hybridized carbons (Fsp3) is 0.136. The van der Waals surface area contributed by atoms with Gasteiger partial charge in [-0.1, -0.05) is 29.8 Å². The molecule has 2 amide bonds. The van der Waals surface area contributed by atoms with Gasteiger partial charge in [-0.15, -0.1) is 11.3 Å². The van der Waals surface area contributed by atoms with E-state index in [1.54, 1.807) is 55.5 Å². The van der Waals surface area contributed by atoms with Crippen molar-refractivity contribution in [2.75, 3.05) is 24.4 Å². The molecule has 0 radical (unpaired) electrons. The number of ether oxygens (including phenoxy) is 2. The molecule has 3 aromatic rings. The number of thiophene rings is 1. The lowest BCUT2D eigenvalue weighted by molar-refractivity contribution is -0.118. The number of halogens is 1. The van der Waals surface area contributed by atoms with Gasteiger partial charge in [-0.25, -0.2) is 4.79 Å². The molecule has 1 aromatic heterocycles. The number of hydrogen-bond acceptors (Lipinski definition) is 6. The Labute approximate surface area is 187 Å². The van der Waals surface area contributed by atoms with Crippen LogP contribution in [0.2, 0.25) is 5.02 Å². The number of carbonyl (C=O) groups is 3. The molecular formula is C22H19ClN2O5S. The second-order valence-corrected chi connectivity index (χ2v) is 7.82. The summed E-state index contributed by atoms with van der Waals surface area (Å²) in [6.07, 6.45) is 0. The van der Waals surface area contributed by atoms with Crippen LogP contribution in [0.3, 0.4) is 0 Å². The number of benzene rings is 2. The number of nitrogens with one attached hydrogen (secondary N) is 2. The molecule has 160 valence electrons. The highest BCUT2D eigenvalue weighted by Crippen LogP contribution is 2.34. The van der Waals surface area contributed by atoms with Gasteiger partial charge in [0.15, 0.2) is 6.61 Å². The summed E-state index contributed by atoms with van der Waals surface area (Å²) in [4.78, 5) is 37.7. The van der Waals surface area contributed by atoms with Crippen LogP contribution in [0.15, 0.2) is 54.6 Å². The van der Waals surface area contributed by atoms with Gasteiger partial charge >= 0.3 is 5.97 Å². The van der Waals surface area contributed by atoms with Crippen LogP contribution < -0.4 is 15.4 Å². The maximum atomic E-state index is 12.7. The van der Waals surface area contributed by atoms with Gasteiger partial charge in [0, 0.05) is 10.7 Å². The number of para-hydroxylation sites is 1. The Hall–Kier alpha value is -3.36. The highest BCUT2D eigenvalue weighted by molar-refractivity contribution is 7.18. The molecule has 0 bridgehead atoms. The molecule has 0 spiro atoms. The molecule has 0 unspecified atom stereocenters. The minimum Gasteiger partial charge on any atom is -0.484 e. The Balaban J connectivity index is 1.77. The standard InChI is InChI=1S/C22H19ClN2O5S/c1-13-18(22(28)29-2)21(25-17(26)12-30-16-10-8-14(23)9-11-16)31-19(13)20(27)24-15-6-4-3-5-7-15/h3-11H,12H2,1-2H3,(H,24,27)(H,25,26). The van der Waals surface area contributed by atoms with Crippen LogP contribution in [0.1, 0.15) is 25.6 Å². The normalized spacial score (nSPS) is 10.3. The van der Waals surface area contributed by atoms with Gasteiger partial charge in [0.2, 0.25) is 0 Å². The number of hydrogen-bond donors (Lipinski definition) is 2. The molecule has 3 rings (SSSR count). The predicted molar refractivity (Wildman–Crippen MR) is 120 cm³/mol. The maximum absolute atomic E-state index is 12.7. The number of anilines is 2. The molecule has 0 aliphatic heterocycles. The van der Waals surface area contributed by atoms with E-state index in [-0.39, 0.29) is 22.0 Å². The van der Waals surface area contributed by atoms with Crippen LogP contribution in [0.4, 0.5) is 10.7 Å². The Morgan fingerprint density at radius 1 is 1.00 bits per heavy atom. The molecule has 0 fully saturated rings. The van der Waals surface area contributed by atoms with E-state index in [9.17, 15) is 14.4 Å². The summed E-state index contributed by atoms with van der Waals surface area (Å²) in [5.74, 6) is -1.06. The lowest BCUT2D eigenvalue weighted by Gasteiger charge is -2.08. The zero-order valence-corrected chi connectivity index (χ0v) is 18.3. The highest BCUT2D eigenvalue weighted by Gasteiger charge is 2.26. The zero-order valence-electron chi connectivity index (χ0n) is 16.7. The van der Waals surface area contributed by atoms with E-state index in [1.165, 1.54) is 7.11 Å². The summed E-state index contributed by atoms with van der Waals surface area (Å²) in [5.41, 5.74) is 1.16. The van der Waals surface area contributed by atoms with Crippen LogP contribution in [0.5, 0.6) is 5.75 Å². The van der Waals surface area contributed by atoms with Crippen molar-refractivity contribution in [2.24, 2.45) is 0 Å². The Morgan fingerprint density at radius 2 is 1.68 bits per heavy atom. The number of amides is 2. The van der Waals surface area contributed by atoms with Crippen molar-refractivity contribution in [1.29, 1.82) is 0 Å². The molecule has 1 heterocycles. The van der Waals surface area contributed by atoms with Crippen molar-refractivity contribution in [3.8, 4) is 5.75 Å². The molecule has 31 heavy (non-hydrogen) atoms. The molecular weight excluding hydrogens is 440 g/mol. The largest absolute Gasteiger partial charge is 0.484 e. The molecule has 7 nitrogen and oxygen atoms in total. The van der Waals surface area contributed by atoms with Crippen LogP contribution in [-0.4, -0.2) is 31.5 Å². The van der Waals surface area contributed by atoms with Crippen molar-refractivity contribution in [1.82, 2.24) is 0 Å². The lowest BCUT2D eigenvalue weighted by Crippen LogP contribution is -2.21. The minimum absolute atomic E-state index is 0.130. The molecule has 0 aliphatic carbocycles. The van der Waals surface area contributed by atoms with Gasteiger partial charge in [-0.05, 0) is 48.9 Å². The zero-order chi connectivity index (χ0) is 22.4. The average molecular weight is 459 g/mol. The number of esters is 1. The van der Waals surface area contributed by atoms with Crippen LogP contribution in [0, 0.1) is 6.92 Å². The molecule has 0 atom stereocenters. The minimum atomic E-state index is -0.651. The van der Waals surface area contributed by atoms with Crippen molar-refractivity contribution in [2.45, 2.75) is 6.92 Å². The lowest BCUT2D eigenvalue weighted by atomic mass is 10.1. The topological polar surface area (TPSA) is 93.7 Å². The molecule has 9 heteroatoms. The quantitative estimate of drug-likeness (QED) is 0.497. The Bertz CT molecular complexity index is 1100. The van der Waals surface area contributed by atoms with E-state index < -0.39 is 17.8 Å². The molecule has 2 N–H and O–H groups in total. The summed E-state index contributed by atoms with van der Waals surface area (Å²) >= 11 is 6.82. The van der Waals surface area contributed by atoms with Crippen molar-refractivity contribution < 1.29 is 23.9 Å². The van der Waals surface area contributed by atoms with Crippen LogP contribution >= 0.6 is 22.9 Å². The second-order valence-electron chi connectivity index (χ2n) is 6.36. The van der Waals surface area contributed by atoms with Gasteiger partial charge in [-0.3, -0.25) is 9.59 Å².